The van der Waals surface area contributed by atoms with Crippen molar-refractivity contribution in [2.45, 2.75) is 12.7 Å². The van der Waals surface area contributed by atoms with E-state index >= 15 is 0 Å². The molecule has 17 heteroatoms. The fourth-order valence-electron chi connectivity index (χ4n) is 3.14. The van der Waals surface area contributed by atoms with Crippen molar-refractivity contribution in [3.8, 4) is 17.2 Å². The third kappa shape index (κ3) is 4.65. The Morgan fingerprint density at radius 1 is 1.00 bits per heavy atom. The molecule has 36 heavy (non-hydrogen) atoms. The monoisotopic (exact) mass is 511 g/mol. The highest BCUT2D eigenvalue weighted by molar-refractivity contribution is 6.06. The van der Waals surface area contributed by atoms with Crippen LogP contribution in [0, 0.1) is 0 Å². The molecule has 0 bridgehead atoms. The van der Waals surface area contributed by atoms with E-state index in [1.165, 1.54) is 24.3 Å². The number of hydrogen-bond acceptors (Lipinski definition) is 8. The molecule has 0 radical (unpaired) electrons. The Balaban J connectivity index is 1.27. The maximum absolute atomic E-state index is 13.2. The van der Waals surface area contributed by atoms with Crippen molar-refractivity contribution in [2.24, 2.45) is 0 Å². The largest absolute Gasteiger partial charge is 0.586 e. The molecule has 2 aromatic carbocycles. The molecule has 186 valence electrons. The molecule has 0 saturated heterocycles. The van der Waals surface area contributed by atoms with E-state index in [0.717, 1.165) is 12.1 Å². The summed E-state index contributed by atoms with van der Waals surface area (Å²) in [5, 5.41) is 10.4. The summed E-state index contributed by atoms with van der Waals surface area (Å²) in [6.07, 6.45) is -8.82. The van der Waals surface area contributed by atoms with Gasteiger partial charge in [0.15, 0.2) is 11.5 Å². The van der Waals surface area contributed by atoms with Crippen LogP contribution in [0.25, 0.3) is 11.0 Å². The number of H-pyrrole nitrogens is 2. The number of para-hydroxylation sites is 1. The fourth-order valence-corrected chi connectivity index (χ4v) is 3.14. The number of carbonyl (C=O) groups excluding carboxylic acids is 2. The van der Waals surface area contributed by atoms with Gasteiger partial charge in [-0.05, 0) is 12.1 Å². The first-order valence-corrected chi connectivity index (χ1v) is 9.65. The number of nitrogens with zero attached hydrogens (tertiary/aromatic N) is 3. The number of anilines is 2. The van der Waals surface area contributed by atoms with Gasteiger partial charge < -0.3 is 19.2 Å². The van der Waals surface area contributed by atoms with Gasteiger partial charge in [-0.1, -0.05) is 12.1 Å². The Morgan fingerprint density at radius 2 is 1.72 bits per heavy atom. The molecular formula is C19H10F5N7O5. The second-order valence-corrected chi connectivity index (χ2v) is 7.03. The maximum Gasteiger partial charge on any atom is 0.586 e. The number of ether oxygens (including phenoxy) is 3. The first kappa shape index (κ1) is 22.8. The molecule has 1 aliphatic rings. The van der Waals surface area contributed by atoms with Crippen LogP contribution >= 0.6 is 0 Å². The summed E-state index contributed by atoms with van der Waals surface area (Å²) in [7, 11) is 0. The Hall–Kier alpha value is -4.96. The van der Waals surface area contributed by atoms with Crippen molar-refractivity contribution in [2.75, 3.05) is 10.6 Å². The molecule has 0 unspecified atom stereocenters. The van der Waals surface area contributed by atoms with Crippen molar-refractivity contribution in [1.82, 2.24) is 25.1 Å². The topological polar surface area (TPSA) is 156 Å². The second-order valence-electron chi connectivity index (χ2n) is 7.03. The zero-order valence-electron chi connectivity index (χ0n) is 17.2. The molecular weight excluding hydrogens is 501 g/mol. The third-order valence-electron chi connectivity index (χ3n) is 4.52. The van der Waals surface area contributed by atoms with Gasteiger partial charge in [-0.15, -0.1) is 27.1 Å². The minimum absolute atomic E-state index is 0.0920. The molecule has 0 aliphatic carbocycles. The van der Waals surface area contributed by atoms with Crippen molar-refractivity contribution < 1.29 is 45.8 Å². The first-order chi connectivity index (χ1) is 17.0. The minimum Gasteiger partial charge on any atom is -0.405 e. The number of hydrogen-bond donors (Lipinski definition) is 4. The number of benzene rings is 2. The fraction of sp³-hybridized carbons (Fsp3) is 0.105. The second kappa shape index (κ2) is 8.07. The highest BCUT2D eigenvalue weighted by Crippen LogP contribution is 2.42. The number of aromatic nitrogens is 5. The molecule has 4 N–H and O–H groups in total. The zero-order valence-corrected chi connectivity index (χ0v) is 17.2. The average molecular weight is 511 g/mol. The van der Waals surface area contributed by atoms with E-state index in [1.54, 1.807) is 0 Å². The van der Waals surface area contributed by atoms with Gasteiger partial charge in [0.05, 0.1) is 16.6 Å². The molecule has 0 spiro atoms. The van der Waals surface area contributed by atoms with E-state index in [4.69, 9.17) is 0 Å². The van der Waals surface area contributed by atoms with Crippen LogP contribution in [0.15, 0.2) is 36.4 Å². The minimum atomic E-state index is -5.02. The average Bonchev–Trinajstić information content (AvgIpc) is 3.46. The number of carbonyl (C=O) groups is 2. The van der Waals surface area contributed by atoms with E-state index < -0.39 is 41.7 Å². The predicted molar refractivity (Wildman–Crippen MR) is 108 cm³/mol. The Kier molecular flexibility index (Phi) is 5.11. The molecule has 0 fully saturated rings. The molecule has 0 saturated carbocycles. The number of aromatic amines is 2. The maximum atomic E-state index is 13.2. The van der Waals surface area contributed by atoms with Gasteiger partial charge in [0.25, 0.3) is 11.8 Å². The van der Waals surface area contributed by atoms with Crippen molar-refractivity contribution in [3.63, 3.8) is 0 Å². The van der Waals surface area contributed by atoms with E-state index in [2.05, 4.69) is 50.0 Å². The van der Waals surface area contributed by atoms with Crippen LogP contribution in [0.3, 0.4) is 0 Å². The van der Waals surface area contributed by atoms with Gasteiger partial charge in [0.1, 0.15) is 5.75 Å². The summed E-state index contributed by atoms with van der Waals surface area (Å²) in [5.74, 6) is -4.00. The number of nitrogens with one attached hydrogen (secondary N) is 4. The van der Waals surface area contributed by atoms with Gasteiger partial charge in [-0.25, -0.2) is 4.98 Å². The van der Waals surface area contributed by atoms with E-state index in [9.17, 15) is 31.5 Å². The number of amides is 2. The summed E-state index contributed by atoms with van der Waals surface area (Å²) in [6, 6.07) is 6.99. The SMILES string of the molecule is O=C(Nc1nc2cc3c(cc2[nH]1)OC(F)(F)O3)c1nc(NC(=O)c2ccccc2OC(F)(F)F)n[nH]1. The number of imidazole rings is 1. The third-order valence-corrected chi connectivity index (χ3v) is 4.52. The molecule has 12 nitrogen and oxygen atoms in total. The van der Waals surface area contributed by atoms with Crippen molar-refractivity contribution >= 4 is 34.7 Å². The summed E-state index contributed by atoms with van der Waals surface area (Å²) in [6.45, 7) is 0. The van der Waals surface area contributed by atoms with Gasteiger partial charge in [-0.3, -0.25) is 25.3 Å². The molecule has 4 aromatic rings. The van der Waals surface area contributed by atoms with Gasteiger partial charge in [0.2, 0.25) is 17.7 Å². The summed E-state index contributed by atoms with van der Waals surface area (Å²) in [5.41, 5.74) is -0.0308. The van der Waals surface area contributed by atoms with Crippen LogP contribution in [0.2, 0.25) is 0 Å². The molecule has 3 heterocycles. The molecule has 5 rings (SSSR count). The Bertz CT molecular complexity index is 1450. The lowest BCUT2D eigenvalue weighted by molar-refractivity contribution is -0.286. The standard InChI is InChI=1S/C19H10F5N7O5/c20-18(21,22)34-10-4-2-1-3-7(10)14(32)28-17-27-13(30-31-17)15(33)29-16-25-8-5-11-12(6-9(8)26-16)36-19(23,24)35-11/h1-6H,(H2,25,26,29,33)(H2,27,28,30,31,32). The van der Waals surface area contributed by atoms with E-state index in [-0.39, 0.29) is 34.3 Å². The number of rotatable bonds is 5. The number of halogens is 5. The smallest absolute Gasteiger partial charge is 0.405 e. The molecule has 2 aromatic heterocycles. The molecule has 0 atom stereocenters. The van der Waals surface area contributed by atoms with Crippen molar-refractivity contribution in [3.05, 3.63) is 47.8 Å². The quantitative estimate of drug-likeness (QED) is 0.297. The Labute approximate surface area is 194 Å². The molecule has 2 amide bonds. The molecule has 1 aliphatic heterocycles. The van der Waals surface area contributed by atoms with E-state index in [0.29, 0.717) is 0 Å². The normalized spacial score (nSPS) is 14.0. The number of fused-ring (bicyclic) bond motifs is 2. The van der Waals surface area contributed by atoms with Crippen LogP contribution in [0.1, 0.15) is 21.0 Å². The predicted octanol–water partition coefficient (Wildman–Crippen LogP) is 3.41. The summed E-state index contributed by atoms with van der Waals surface area (Å²) >= 11 is 0. The van der Waals surface area contributed by atoms with E-state index in [1.807, 2.05) is 0 Å². The zero-order chi connectivity index (χ0) is 25.7. The van der Waals surface area contributed by atoms with Gasteiger partial charge >= 0.3 is 12.7 Å². The summed E-state index contributed by atoms with van der Waals surface area (Å²) < 4.78 is 76.5. The van der Waals surface area contributed by atoms with Gasteiger partial charge in [-0.2, -0.15) is 4.98 Å². The van der Waals surface area contributed by atoms with Crippen LogP contribution in [-0.4, -0.2) is 49.6 Å². The lowest BCUT2D eigenvalue weighted by Crippen LogP contribution is -2.25. The lowest BCUT2D eigenvalue weighted by Gasteiger charge is -2.12. The van der Waals surface area contributed by atoms with Crippen LogP contribution in [-0.2, 0) is 0 Å². The Morgan fingerprint density at radius 3 is 2.47 bits per heavy atom. The highest BCUT2D eigenvalue weighted by atomic mass is 19.4. The first-order valence-electron chi connectivity index (χ1n) is 9.65. The highest BCUT2D eigenvalue weighted by Gasteiger charge is 2.43. The van der Waals surface area contributed by atoms with Crippen LogP contribution in [0.5, 0.6) is 17.2 Å². The van der Waals surface area contributed by atoms with Crippen molar-refractivity contribution in [1.29, 1.82) is 0 Å². The van der Waals surface area contributed by atoms with Crippen LogP contribution < -0.4 is 24.8 Å². The summed E-state index contributed by atoms with van der Waals surface area (Å²) in [4.78, 5) is 35.3. The van der Waals surface area contributed by atoms with Gasteiger partial charge in [0, 0.05) is 12.1 Å². The van der Waals surface area contributed by atoms with Crippen LogP contribution in [0.4, 0.5) is 33.8 Å². The number of alkyl halides is 5. The lowest BCUT2D eigenvalue weighted by atomic mass is 10.2.